The highest BCUT2D eigenvalue weighted by atomic mass is 16.4. The van der Waals surface area contributed by atoms with Gasteiger partial charge in [0.15, 0.2) is 0 Å². The number of nitrogens with one attached hydrogen (secondary N) is 1. The van der Waals surface area contributed by atoms with Crippen LogP contribution in [0, 0.1) is 0 Å². The van der Waals surface area contributed by atoms with Gasteiger partial charge in [0.25, 0.3) is 0 Å². The molecule has 3 rings (SSSR count). The van der Waals surface area contributed by atoms with Crippen molar-refractivity contribution in [2.45, 2.75) is 13.1 Å². The van der Waals surface area contributed by atoms with Crippen LogP contribution in [0.5, 0.6) is 0 Å². The first-order chi connectivity index (χ1) is 12.2. The highest BCUT2D eigenvalue weighted by Crippen LogP contribution is 2.28. The van der Waals surface area contributed by atoms with Crippen molar-refractivity contribution < 1.29 is 9.90 Å². The third kappa shape index (κ3) is 4.03. The van der Waals surface area contributed by atoms with E-state index >= 15 is 0 Å². The number of hydrogen-bond donors (Lipinski definition) is 3. The lowest BCUT2D eigenvalue weighted by atomic mass is 10.1. The van der Waals surface area contributed by atoms with E-state index in [-0.39, 0.29) is 0 Å². The molecule has 4 N–H and O–H groups in total. The Morgan fingerprint density at radius 2 is 1.76 bits per heavy atom. The number of anilines is 2. The SMILES string of the molecule is NCc1c(NCc2ccccc2)cccc1N1CCN(C(=O)O)CC1. The summed E-state index contributed by atoms with van der Waals surface area (Å²) in [6.07, 6.45) is -0.850. The molecule has 6 nitrogen and oxygen atoms in total. The fraction of sp³-hybridized carbons (Fsp3) is 0.316. The average Bonchev–Trinajstić information content (AvgIpc) is 2.67. The summed E-state index contributed by atoms with van der Waals surface area (Å²) in [4.78, 5) is 14.7. The van der Waals surface area contributed by atoms with E-state index in [0.717, 1.165) is 23.5 Å². The van der Waals surface area contributed by atoms with Gasteiger partial charge in [-0.05, 0) is 17.7 Å². The number of piperazine rings is 1. The molecule has 2 aromatic rings. The molecule has 1 saturated heterocycles. The van der Waals surface area contributed by atoms with Crippen LogP contribution in [-0.2, 0) is 13.1 Å². The molecule has 0 saturated carbocycles. The molecule has 0 spiro atoms. The fourth-order valence-corrected chi connectivity index (χ4v) is 3.18. The van der Waals surface area contributed by atoms with Crippen molar-refractivity contribution in [1.82, 2.24) is 4.90 Å². The number of benzene rings is 2. The third-order valence-electron chi connectivity index (χ3n) is 4.57. The van der Waals surface area contributed by atoms with Crippen molar-refractivity contribution in [1.29, 1.82) is 0 Å². The summed E-state index contributed by atoms with van der Waals surface area (Å²) in [5.74, 6) is 0. The van der Waals surface area contributed by atoms with E-state index in [0.29, 0.717) is 32.7 Å². The lowest BCUT2D eigenvalue weighted by Gasteiger charge is -2.36. The van der Waals surface area contributed by atoms with Crippen LogP contribution in [0.1, 0.15) is 11.1 Å². The summed E-state index contributed by atoms with van der Waals surface area (Å²) in [7, 11) is 0. The van der Waals surface area contributed by atoms with Crippen molar-refractivity contribution in [2.24, 2.45) is 5.73 Å². The van der Waals surface area contributed by atoms with Gasteiger partial charge in [-0.15, -0.1) is 0 Å². The Balaban J connectivity index is 1.73. The standard InChI is InChI=1S/C19H24N4O2/c20-13-16-17(21-14-15-5-2-1-3-6-15)7-4-8-18(16)22-9-11-23(12-10-22)19(24)25/h1-8,21H,9-14,20H2,(H,24,25). The minimum atomic E-state index is -0.850. The van der Waals surface area contributed by atoms with Crippen LogP contribution < -0.4 is 16.0 Å². The zero-order chi connectivity index (χ0) is 17.6. The molecular formula is C19H24N4O2. The summed E-state index contributed by atoms with van der Waals surface area (Å²) in [6.45, 7) is 3.57. The Kier molecular flexibility index (Phi) is 5.40. The van der Waals surface area contributed by atoms with Gasteiger partial charge in [0.05, 0.1) is 0 Å². The van der Waals surface area contributed by atoms with E-state index in [4.69, 9.17) is 10.8 Å². The molecule has 6 heteroatoms. The van der Waals surface area contributed by atoms with Gasteiger partial charge in [0.1, 0.15) is 0 Å². The lowest BCUT2D eigenvalue weighted by molar-refractivity contribution is 0.142. The zero-order valence-electron chi connectivity index (χ0n) is 14.2. The van der Waals surface area contributed by atoms with Crippen molar-refractivity contribution >= 4 is 17.5 Å². The fourth-order valence-electron chi connectivity index (χ4n) is 3.18. The summed E-state index contributed by atoms with van der Waals surface area (Å²) >= 11 is 0. The van der Waals surface area contributed by atoms with Crippen molar-refractivity contribution in [3.05, 3.63) is 59.7 Å². The molecule has 0 atom stereocenters. The molecule has 132 valence electrons. The van der Waals surface area contributed by atoms with Crippen LogP contribution in [0.3, 0.4) is 0 Å². The summed E-state index contributed by atoms with van der Waals surface area (Å²) in [5.41, 5.74) is 10.4. The monoisotopic (exact) mass is 340 g/mol. The predicted octanol–water partition coefficient (Wildman–Crippen LogP) is 2.56. The molecule has 25 heavy (non-hydrogen) atoms. The molecule has 1 amide bonds. The van der Waals surface area contributed by atoms with Crippen LogP contribution in [0.4, 0.5) is 16.2 Å². The van der Waals surface area contributed by atoms with Crippen molar-refractivity contribution in [3.63, 3.8) is 0 Å². The first-order valence-corrected chi connectivity index (χ1v) is 8.51. The Morgan fingerprint density at radius 1 is 1.04 bits per heavy atom. The van der Waals surface area contributed by atoms with Crippen molar-refractivity contribution in [3.8, 4) is 0 Å². The maximum atomic E-state index is 11.1. The van der Waals surface area contributed by atoms with Gasteiger partial charge in [0, 0.05) is 56.2 Å². The van der Waals surface area contributed by atoms with Crippen molar-refractivity contribution in [2.75, 3.05) is 36.4 Å². The Labute approximate surface area is 147 Å². The minimum Gasteiger partial charge on any atom is -0.465 e. The number of nitrogens with two attached hydrogens (primary N) is 1. The van der Waals surface area contributed by atoms with Gasteiger partial charge in [-0.25, -0.2) is 4.79 Å². The summed E-state index contributed by atoms with van der Waals surface area (Å²) in [5, 5.41) is 12.6. The molecule has 1 fully saturated rings. The highest BCUT2D eigenvalue weighted by molar-refractivity contribution is 5.68. The number of amides is 1. The molecule has 0 bridgehead atoms. The lowest BCUT2D eigenvalue weighted by Crippen LogP contribution is -2.48. The van der Waals surface area contributed by atoms with Gasteiger partial charge in [-0.2, -0.15) is 0 Å². The molecule has 0 radical (unpaired) electrons. The smallest absolute Gasteiger partial charge is 0.407 e. The largest absolute Gasteiger partial charge is 0.465 e. The molecule has 0 aromatic heterocycles. The van der Waals surface area contributed by atoms with E-state index < -0.39 is 6.09 Å². The number of carbonyl (C=O) groups is 1. The maximum absolute atomic E-state index is 11.1. The average molecular weight is 340 g/mol. The first kappa shape index (κ1) is 17.1. The number of rotatable bonds is 5. The topological polar surface area (TPSA) is 81.8 Å². The van der Waals surface area contributed by atoms with Gasteiger partial charge < -0.3 is 26.0 Å². The van der Waals surface area contributed by atoms with E-state index in [9.17, 15) is 4.79 Å². The Hall–Kier alpha value is -2.73. The number of nitrogens with zero attached hydrogens (tertiary/aromatic N) is 2. The quantitative estimate of drug-likeness (QED) is 0.779. The predicted molar refractivity (Wildman–Crippen MR) is 99.9 cm³/mol. The van der Waals surface area contributed by atoms with Crippen LogP contribution in [0.2, 0.25) is 0 Å². The number of hydrogen-bond acceptors (Lipinski definition) is 4. The van der Waals surface area contributed by atoms with Gasteiger partial charge in [0.2, 0.25) is 0 Å². The summed E-state index contributed by atoms with van der Waals surface area (Å²) < 4.78 is 0. The van der Waals surface area contributed by atoms with Crippen LogP contribution in [0.15, 0.2) is 48.5 Å². The molecule has 0 aliphatic carbocycles. The van der Waals surface area contributed by atoms with E-state index in [1.54, 1.807) is 0 Å². The highest BCUT2D eigenvalue weighted by Gasteiger charge is 2.22. The molecule has 1 aliphatic rings. The minimum absolute atomic E-state index is 0.437. The molecule has 1 aliphatic heterocycles. The van der Waals surface area contributed by atoms with Gasteiger partial charge in [-0.3, -0.25) is 0 Å². The van der Waals surface area contributed by atoms with E-state index in [1.165, 1.54) is 10.5 Å². The molecule has 1 heterocycles. The van der Waals surface area contributed by atoms with Crippen LogP contribution in [-0.4, -0.2) is 42.3 Å². The maximum Gasteiger partial charge on any atom is 0.407 e. The molecule has 0 unspecified atom stereocenters. The van der Waals surface area contributed by atoms with Gasteiger partial charge >= 0.3 is 6.09 Å². The normalized spacial score (nSPS) is 14.4. The number of carboxylic acid groups (broad SMARTS) is 1. The van der Waals surface area contributed by atoms with Gasteiger partial charge in [-0.1, -0.05) is 36.4 Å². The second kappa shape index (κ2) is 7.90. The Morgan fingerprint density at radius 3 is 2.40 bits per heavy atom. The Bertz CT molecular complexity index is 713. The molecular weight excluding hydrogens is 316 g/mol. The first-order valence-electron chi connectivity index (χ1n) is 8.51. The molecule has 2 aromatic carbocycles. The second-order valence-corrected chi connectivity index (χ2v) is 6.10. The summed E-state index contributed by atoms with van der Waals surface area (Å²) in [6, 6.07) is 16.4. The van der Waals surface area contributed by atoms with E-state index in [2.05, 4.69) is 28.4 Å². The van der Waals surface area contributed by atoms with Crippen LogP contribution >= 0.6 is 0 Å². The second-order valence-electron chi connectivity index (χ2n) is 6.10. The van der Waals surface area contributed by atoms with E-state index in [1.807, 2.05) is 30.3 Å². The van der Waals surface area contributed by atoms with Crippen LogP contribution in [0.25, 0.3) is 0 Å². The zero-order valence-corrected chi connectivity index (χ0v) is 14.2. The third-order valence-corrected chi connectivity index (χ3v) is 4.57.